The highest BCUT2D eigenvalue weighted by Gasteiger charge is 2.34. The Kier molecular flexibility index (Phi) is 6.88. The van der Waals surface area contributed by atoms with Crippen LogP contribution in [-0.2, 0) is 11.3 Å². The molecule has 4 rings (SSSR count). The molecule has 2 N–H and O–H groups in total. The van der Waals surface area contributed by atoms with E-state index < -0.39 is 0 Å². The molecule has 1 fully saturated rings. The zero-order valence-corrected chi connectivity index (χ0v) is 19.2. The van der Waals surface area contributed by atoms with Crippen molar-refractivity contribution in [1.82, 2.24) is 4.90 Å². The minimum absolute atomic E-state index is 0.122. The Labute approximate surface area is 199 Å². The number of furan rings is 1. The number of aromatic hydroxyl groups is 2. The predicted molar refractivity (Wildman–Crippen MR) is 129 cm³/mol. The summed E-state index contributed by atoms with van der Waals surface area (Å²) in [6.45, 7) is 0.186. The first-order valence-corrected chi connectivity index (χ1v) is 10.9. The van der Waals surface area contributed by atoms with Crippen LogP contribution in [0.25, 0.3) is 6.08 Å². The molecule has 0 atom stereocenters. The average molecular weight is 480 g/mol. The van der Waals surface area contributed by atoms with Gasteiger partial charge in [-0.15, -0.1) is 5.10 Å². The molecule has 1 aliphatic rings. The Hall–Kier alpha value is -4.18. The SMILES string of the molecule is COc1cc(/C=C2\S/C(=N/N=C\c3ccc(O)cc3)N(Cc3ccco3)C2=O)cc(OC)c1O. The van der Waals surface area contributed by atoms with E-state index >= 15 is 0 Å². The van der Waals surface area contributed by atoms with E-state index in [0.717, 1.165) is 17.3 Å². The number of phenols is 2. The third-order valence-corrected chi connectivity index (χ3v) is 5.82. The van der Waals surface area contributed by atoms with Gasteiger partial charge in [-0.25, -0.2) is 0 Å². The van der Waals surface area contributed by atoms with Crippen LogP contribution in [0.15, 0.2) is 74.3 Å². The second kappa shape index (κ2) is 10.2. The zero-order chi connectivity index (χ0) is 24.1. The quantitative estimate of drug-likeness (QED) is 0.296. The van der Waals surface area contributed by atoms with Crippen LogP contribution in [0.3, 0.4) is 0 Å². The molecule has 1 saturated heterocycles. The van der Waals surface area contributed by atoms with Crippen LogP contribution in [0.2, 0.25) is 0 Å². The first-order chi connectivity index (χ1) is 16.5. The lowest BCUT2D eigenvalue weighted by Gasteiger charge is -2.12. The van der Waals surface area contributed by atoms with E-state index in [9.17, 15) is 15.0 Å². The maximum absolute atomic E-state index is 13.2. The Bertz CT molecular complexity index is 1240. The molecule has 0 spiro atoms. The Balaban J connectivity index is 1.66. The average Bonchev–Trinajstić information content (AvgIpc) is 3.45. The summed E-state index contributed by atoms with van der Waals surface area (Å²) < 4.78 is 15.8. The lowest BCUT2D eigenvalue weighted by molar-refractivity contribution is -0.122. The number of thioether (sulfide) groups is 1. The summed E-state index contributed by atoms with van der Waals surface area (Å²) >= 11 is 1.16. The number of carbonyl (C=O) groups excluding carboxylic acids is 1. The van der Waals surface area contributed by atoms with Crippen LogP contribution in [0, 0.1) is 0 Å². The van der Waals surface area contributed by atoms with Crippen molar-refractivity contribution < 1.29 is 28.9 Å². The smallest absolute Gasteiger partial charge is 0.267 e. The van der Waals surface area contributed by atoms with Crippen molar-refractivity contribution in [1.29, 1.82) is 0 Å². The number of rotatable bonds is 7. The minimum atomic E-state index is -0.272. The van der Waals surface area contributed by atoms with Gasteiger partial charge in [-0.1, -0.05) is 0 Å². The van der Waals surface area contributed by atoms with Gasteiger partial charge in [0.15, 0.2) is 16.7 Å². The molecule has 9 nitrogen and oxygen atoms in total. The van der Waals surface area contributed by atoms with Crippen LogP contribution in [0.1, 0.15) is 16.9 Å². The summed E-state index contributed by atoms with van der Waals surface area (Å²) in [6, 6.07) is 13.2. The van der Waals surface area contributed by atoms with Crippen LogP contribution < -0.4 is 9.47 Å². The highest BCUT2D eigenvalue weighted by molar-refractivity contribution is 8.18. The van der Waals surface area contributed by atoms with E-state index in [4.69, 9.17) is 13.9 Å². The molecule has 174 valence electrons. The summed E-state index contributed by atoms with van der Waals surface area (Å²) in [7, 11) is 2.87. The number of phenolic OH excluding ortho intramolecular Hbond substituents is 2. The molecule has 10 heteroatoms. The number of carbonyl (C=O) groups is 1. The summed E-state index contributed by atoms with van der Waals surface area (Å²) in [6.07, 6.45) is 4.73. The number of ether oxygens (including phenoxy) is 2. The van der Waals surface area contributed by atoms with Gasteiger partial charge in [0.2, 0.25) is 5.75 Å². The molecule has 2 heterocycles. The van der Waals surface area contributed by atoms with E-state index in [0.29, 0.717) is 21.4 Å². The summed E-state index contributed by atoms with van der Waals surface area (Å²) in [5.41, 5.74) is 1.35. The monoisotopic (exact) mass is 479 g/mol. The molecule has 0 saturated carbocycles. The van der Waals surface area contributed by atoms with Crippen LogP contribution in [0.5, 0.6) is 23.0 Å². The Morgan fingerprint density at radius 2 is 1.76 bits per heavy atom. The summed E-state index contributed by atoms with van der Waals surface area (Å²) in [5.74, 6) is 0.803. The van der Waals surface area contributed by atoms with Crippen molar-refractivity contribution >= 4 is 35.1 Å². The second-order valence-corrected chi connectivity index (χ2v) is 8.08. The normalized spacial score (nSPS) is 16.2. The molecule has 34 heavy (non-hydrogen) atoms. The van der Waals surface area contributed by atoms with Crippen molar-refractivity contribution in [3.05, 3.63) is 76.6 Å². The largest absolute Gasteiger partial charge is 0.508 e. The standard InChI is InChI=1S/C24H21N3O6S/c1-31-19-10-16(11-20(32-2)22(19)29)12-21-23(30)27(14-18-4-3-9-33-18)24(34-21)26-25-13-15-5-7-17(28)8-6-15/h3-13,28-29H,14H2,1-2H3/b21-12-,25-13-,26-24+. The van der Waals surface area contributed by atoms with Crippen molar-refractivity contribution in [3.8, 4) is 23.0 Å². The second-order valence-electron chi connectivity index (χ2n) is 7.07. The van der Waals surface area contributed by atoms with Gasteiger partial charge < -0.3 is 24.1 Å². The molecule has 1 aromatic heterocycles. The highest BCUT2D eigenvalue weighted by Crippen LogP contribution is 2.39. The van der Waals surface area contributed by atoms with Crippen molar-refractivity contribution in [2.24, 2.45) is 10.2 Å². The van der Waals surface area contributed by atoms with Crippen molar-refractivity contribution in [2.45, 2.75) is 6.54 Å². The number of amides is 1. The summed E-state index contributed by atoms with van der Waals surface area (Å²) in [4.78, 5) is 15.1. The van der Waals surface area contributed by atoms with E-state index in [2.05, 4.69) is 10.2 Å². The molecule has 0 aliphatic carbocycles. The number of methoxy groups -OCH3 is 2. The van der Waals surface area contributed by atoms with Gasteiger partial charge in [0.05, 0.1) is 38.1 Å². The van der Waals surface area contributed by atoms with Gasteiger partial charge in [-0.3, -0.25) is 9.69 Å². The van der Waals surface area contributed by atoms with Crippen LogP contribution >= 0.6 is 11.8 Å². The maximum Gasteiger partial charge on any atom is 0.267 e. The number of nitrogens with zero attached hydrogens (tertiary/aromatic N) is 3. The molecule has 1 aliphatic heterocycles. The Morgan fingerprint density at radius 3 is 2.38 bits per heavy atom. The summed E-state index contributed by atoms with van der Waals surface area (Å²) in [5, 5.41) is 28.3. The Morgan fingerprint density at radius 1 is 1.06 bits per heavy atom. The number of amidine groups is 1. The molecule has 0 unspecified atom stereocenters. The van der Waals surface area contributed by atoms with Crippen molar-refractivity contribution in [2.75, 3.05) is 14.2 Å². The molecule has 0 radical (unpaired) electrons. The first-order valence-electron chi connectivity index (χ1n) is 10.1. The van der Waals surface area contributed by atoms with E-state index in [1.807, 2.05) is 0 Å². The lowest BCUT2D eigenvalue weighted by Crippen LogP contribution is -2.28. The van der Waals surface area contributed by atoms with E-state index in [-0.39, 0.29) is 35.4 Å². The van der Waals surface area contributed by atoms with Gasteiger partial charge in [0, 0.05) is 0 Å². The predicted octanol–water partition coefficient (Wildman–Crippen LogP) is 4.21. The van der Waals surface area contributed by atoms with Crippen molar-refractivity contribution in [3.63, 3.8) is 0 Å². The van der Waals surface area contributed by atoms with Crippen LogP contribution in [-0.4, -0.2) is 46.6 Å². The minimum Gasteiger partial charge on any atom is -0.508 e. The lowest BCUT2D eigenvalue weighted by atomic mass is 10.1. The molecule has 0 bridgehead atoms. The molecular formula is C24H21N3O6S. The fourth-order valence-electron chi connectivity index (χ4n) is 3.13. The number of hydrogen-bond acceptors (Lipinski definition) is 9. The fourth-order valence-corrected chi connectivity index (χ4v) is 4.07. The maximum atomic E-state index is 13.2. The van der Waals surface area contributed by atoms with Gasteiger partial charge >= 0.3 is 0 Å². The first kappa shape index (κ1) is 23.0. The number of benzene rings is 2. The van der Waals surface area contributed by atoms with Gasteiger partial charge in [0.1, 0.15) is 11.5 Å². The molecule has 2 aromatic carbocycles. The van der Waals surface area contributed by atoms with Gasteiger partial charge in [0.25, 0.3) is 5.91 Å². The van der Waals surface area contributed by atoms with Crippen LogP contribution in [0.4, 0.5) is 0 Å². The molecule has 1 amide bonds. The third-order valence-electron chi connectivity index (χ3n) is 4.83. The van der Waals surface area contributed by atoms with E-state index in [1.165, 1.54) is 31.6 Å². The highest BCUT2D eigenvalue weighted by atomic mass is 32.2. The van der Waals surface area contributed by atoms with Gasteiger partial charge in [-0.05, 0) is 77.5 Å². The molecular weight excluding hydrogens is 458 g/mol. The van der Waals surface area contributed by atoms with Gasteiger partial charge in [-0.2, -0.15) is 5.10 Å². The number of hydrogen-bond donors (Lipinski definition) is 2. The fraction of sp³-hybridized carbons (Fsp3) is 0.125. The topological polar surface area (TPSA) is 117 Å². The third kappa shape index (κ3) is 5.07. The zero-order valence-electron chi connectivity index (χ0n) is 18.3. The van der Waals surface area contributed by atoms with E-state index in [1.54, 1.807) is 54.6 Å². The molecule has 3 aromatic rings.